The normalized spacial score (nSPS) is 21.8. The second-order valence-electron chi connectivity index (χ2n) is 5.82. The minimum atomic E-state index is 0.105. The third kappa shape index (κ3) is 2.95. The van der Waals surface area contributed by atoms with Crippen molar-refractivity contribution in [3.05, 3.63) is 56.2 Å². The summed E-state index contributed by atoms with van der Waals surface area (Å²) in [5.74, 6) is 0. The fourth-order valence-corrected chi connectivity index (χ4v) is 4.59. The Balaban J connectivity index is 1.93. The van der Waals surface area contributed by atoms with E-state index in [9.17, 15) is 0 Å². The summed E-state index contributed by atoms with van der Waals surface area (Å²) in [4.78, 5) is 4.10. The summed E-state index contributed by atoms with van der Waals surface area (Å²) in [5.41, 5.74) is 9.13. The summed E-state index contributed by atoms with van der Waals surface area (Å²) >= 11 is 5.40. The third-order valence-corrected chi connectivity index (χ3v) is 5.92. The van der Waals surface area contributed by atoms with Gasteiger partial charge in [0.1, 0.15) is 0 Å². The Bertz CT molecular complexity index is 606. The first-order valence-electron chi connectivity index (χ1n) is 7.41. The van der Waals surface area contributed by atoms with Crippen molar-refractivity contribution in [3.8, 4) is 0 Å². The second kappa shape index (κ2) is 6.21. The van der Waals surface area contributed by atoms with Gasteiger partial charge in [-0.1, -0.05) is 28.1 Å². The summed E-state index contributed by atoms with van der Waals surface area (Å²) in [6.45, 7) is 5.50. The van der Waals surface area contributed by atoms with Gasteiger partial charge in [-0.15, -0.1) is 11.3 Å². The summed E-state index contributed by atoms with van der Waals surface area (Å²) in [6.07, 6.45) is 1.14. The Morgan fingerprint density at radius 1 is 1.29 bits per heavy atom. The summed E-state index contributed by atoms with van der Waals surface area (Å²) in [7, 11) is 0. The van der Waals surface area contributed by atoms with Crippen LogP contribution in [0.1, 0.15) is 41.9 Å². The molecule has 0 radical (unpaired) electrons. The maximum Gasteiger partial charge on any atom is 0.0502 e. The SMILES string of the molecule is CC(N)C(c1ccc(Br)cc1)N1CCc2sccc2C1C. The van der Waals surface area contributed by atoms with E-state index in [1.54, 1.807) is 0 Å². The van der Waals surface area contributed by atoms with E-state index in [4.69, 9.17) is 5.73 Å². The van der Waals surface area contributed by atoms with E-state index >= 15 is 0 Å². The second-order valence-corrected chi connectivity index (χ2v) is 7.73. The molecular weight excluding hydrogens is 344 g/mol. The van der Waals surface area contributed by atoms with Crippen LogP contribution in [0.3, 0.4) is 0 Å². The highest BCUT2D eigenvalue weighted by Crippen LogP contribution is 2.39. The lowest BCUT2D eigenvalue weighted by atomic mass is 9.93. The lowest BCUT2D eigenvalue weighted by Gasteiger charge is -2.41. The smallest absolute Gasteiger partial charge is 0.0502 e. The molecule has 3 atom stereocenters. The van der Waals surface area contributed by atoms with Gasteiger partial charge in [-0.05, 0) is 55.0 Å². The number of nitrogens with zero attached hydrogens (tertiary/aromatic N) is 1. The first-order chi connectivity index (χ1) is 10.1. The van der Waals surface area contributed by atoms with Gasteiger partial charge in [-0.25, -0.2) is 0 Å². The highest BCUT2D eigenvalue weighted by Gasteiger charge is 2.32. The number of halogens is 1. The first-order valence-corrected chi connectivity index (χ1v) is 9.08. The molecule has 1 aromatic carbocycles. The molecule has 0 spiro atoms. The van der Waals surface area contributed by atoms with Gasteiger partial charge >= 0.3 is 0 Å². The number of fused-ring (bicyclic) bond motifs is 1. The van der Waals surface area contributed by atoms with Gasteiger partial charge in [0.25, 0.3) is 0 Å². The van der Waals surface area contributed by atoms with Crippen LogP contribution in [0.5, 0.6) is 0 Å². The first kappa shape index (κ1) is 15.2. The third-order valence-electron chi connectivity index (χ3n) is 4.39. The monoisotopic (exact) mass is 364 g/mol. The van der Waals surface area contributed by atoms with Crippen LogP contribution in [-0.4, -0.2) is 17.5 Å². The topological polar surface area (TPSA) is 29.3 Å². The standard InChI is InChI=1S/C17H21BrN2S/c1-11(19)17(13-3-5-14(18)6-4-13)20-9-7-16-15(12(20)2)8-10-21-16/h3-6,8,10-12,17H,7,9,19H2,1-2H3. The Kier molecular flexibility index (Phi) is 4.50. The van der Waals surface area contributed by atoms with Crippen LogP contribution in [0.2, 0.25) is 0 Å². The molecule has 0 amide bonds. The van der Waals surface area contributed by atoms with Gasteiger partial charge in [0.15, 0.2) is 0 Å². The zero-order valence-electron chi connectivity index (χ0n) is 12.4. The van der Waals surface area contributed by atoms with Crippen molar-refractivity contribution in [2.45, 2.75) is 38.4 Å². The van der Waals surface area contributed by atoms with Crippen LogP contribution in [0.4, 0.5) is 0 Å². The van der Waals surface area contributed by atoms with E-state index in [0.29, 0.717) is 6.04 Å². The molecule has 21 heavy (non-hydrogen) atoms. The molecule has 0 aliphatic carbocycles. The van der Waals surface area contributed by atoms with E-state index in [1.165, 1.54) is 16.0 Å². The fourth-order valence-electron chi connectivity index (χ4n) is 3.37. The Morgan fingerprint density at radius 2 is 2.00 bits per heavy atom. The number of hydrogen-bond donors (Lipinski definition) is 1. The lowest BCUT2D eigenvalue weighted by molar-refractivity contribution is 0.119. The largest absolute Gasteiger partial charge is 0.326 e. The maximum absolute atomic E-state index is 6.34. The number of benzene rings is 1. The molecule has 0 bridgehead atoms. The van der Waals surface area contributed by atoms with Crippen LogP contribution < -0.4 is 5.73 Å². The molecule has 2 nitrogen and oxygen atoms in total. The zero-order chi connectivity index (χ0) is 15.0. The lowest BCUT2D eigenvalue weighted by Crippen LogP contribution is -2.43. The number of hydrogen-bond acceptors (Lipinski definition) is 3. The zero-order valence-corrected chi connectivity index (χ0v) is 14.8. The highest BCUT2D eigenvalue weighted by atomic mass is 79.9. The molecular formula is C17H21BrN2S. The molecule has 4 heteroatoms. The molecule has 0 fully saturated rings. The van der Waals surface area contributed by atoms with Gasteiger partial charge < -0.3 is 5.73 Å². The van der Waals surface area contributed by atoms with E-state index in [2.05, 4.69) is 70.4 Å². The van der Waals surface area contributed by atoms with Crippen molar-refractivity contribution < 1.29 is 0 Å². The highest BCUT2D eigenvalue weighted by molar-refractivity contribution is 9.10. The Labute approximate surface area is 139 Å². The van der Waals surface area contributed by atoms with Crippen LogP contribution in [0.25, 0.3) is 0 Å². The molecule has 3 rings (SSSR count). The van der Waals surface area contributed by atoms with Crippen molar-refractivity contribution in [1.82, 2.24) is 4.90 Å². The minimum absolute atomic E-state index is 0.105. The molecule has 3 unspecified atom stereocenters. The van der Waals surface area contributed by atoms with Gasteiger partial charge in [0.05, 0.1) is 6.04 Å². The molecule has 2 N–H and O–H groups in total. The number of thiophene rings is 1. The van der Waals surface area contributed by atoms with Crippen LogP contribution in [-0.2, 0) is 6.42 Å². The van der Waals surface area contributed by atoms with Crippen molar-refractivity contribution in [3.63, 3.8) is 0 Å². The van der Waals surface area contributed by atoms with E-state index in [0.717, 1.165) is 17.4 Å². The maximum atomic E-state index is 6.34. The van der Waals surface area contributed by atoms with E-state index in [1.807, 2.05) is 11.3 Å². The molecule has 0 saturated carbocycles. The van der Waals surface area contributed by atoms with Crippen LogP contribution in [0, 0.1) is 0 Å². The van der Waals surface area contributed by atoms with Crippen molar-refractivity contribution in [1.29, 1.82) is 0 Å². The average molecular weight is 365 g/mol. The quantitative estimate of drug-likeness (QED) is 0.867. The van der Waals surface area contributed by atoms with Gasteiger partial charge in [-0.2, -0.15) is 0 Å². The molecule has 2 aromatic rings. The van der Waals surface area contributed by atoms with E-state index in [-0.39, 0.29) is 12.1 Å². The van der Waals surface area contributed by atoms with Crippen LogP contribution in [0.15, 0.2) is 40.2 Å². The van der Waals surface area contributed by atoms with Crippen molar-refractivity contribution in [2.24, 2.45) is 5.73 Å². The molecule has 1 aliphatic heterocycles. The summed E-state index contributed by atoms with van der Waals surface area (Å²) < 4.78 is 1.11. The predicted molar refractivity (Wildman–Crippen MR) is 93.7 cm³/mol. The summed E-state index contributed by atoms with van der Waals surface area (Å²) in [5, 5.41) is 2.21. The fraction of sp³-hybridized carbons (Fsp3) is 0.412. The number of nitrogens with two attached hydrogens (primary N) is 1. The van der Waals surface area contributed by atoms with Gasteiger partial charge in [0, 0.05) is 28.0 Å². The molecule has 1 aliphatic rings. The van der Waals surface area contributed by atoms with Crippen LogP contribution >= 0.6 is 27.3 Å². The molecule has 112 valence electrons. The van der Waals surface area contributed by atoms with Crippen molar-refractivity contribution >= 4 is 27.3 Å². The predicted octanol–water partition coefficient (Wildman–Crippen LogP) is 4.52. The Hall–Kier alpha value is -0.680. The minimum Gasteiger partial charge on any atom is -0.326 e. The summed E-state index contributed by atoms with van der Waals surface area (Å²) in [6, 6.07) is 11.7. The van der Waals surface area contributed by atoms with E-state index < -0.39 is 0 Å². The Morgan fingerprint density at radius 3 is 2.67 bits per heavy atom. The van der Waals surface area contributed by atoms with Gasteiger partial charge in [0.2, 0.25) is 0 Å². The van der Waals surface area contributed by atoms with Gasteiger partial charge in [-0.3, -0.25) is 4.90 Å². The molecule has 0 saturated heterocycles. The molecule has 1 aromatic heterocycles. The average Bonchev–Trinajstić information content (AvgIpc) is 2.93. The van der Waals surface area contributed by atoms with Crippen molar-refractivity contribution in [2.75, 3.05) is 6.54 Å². The number of rotatable bonds is 3. The molecule has 2 heterocycles.